The molecule has 0 spiro atoms. The minimum atomic E-state index is -0.903. The van der Waals surface area contributed by atoms with Gasteiger partial charge in [-0.05, 0) is 60.3 Å². The lowest BCUT2D eigenvalue weighted by molar-refractivity contribution is -0.138. The van der Waals surface area contributed by atoms with Crippen molar-refractivity contribution in [2.24, 2.45) is 17.3 Å². The standard InChI is InChI=1S/C58H81N9O12S/c1-39-55(80-38-63-39)42-11-9-40(10-12-42)30-60-57(74)48-28-46(69)27-47(48)54(73)56(58(2,3)4)65-53(72)36-79-26-24-77-22-20-75-19-21-76-23-25-78-35-52(71)59-16-18-67-32-44(33-67)64-51-29-49(61-37-62-51)50(70)14-13-45(68)34-66-17-15-41-7-5-6-8-43(41)31-66/h5-12,29,37-38,44-48,56,68-69H,13-28,30-36H2,1-4H3,(H,59,71)(H,60,74)(H,65,72)(H,61,62,64)/t45-,46-,47?,48+,56+/m0/s1. The van der Waals surface area contributed by atoms with Gasteiger partial charge in [-0.15, -0.1) is 11.3 Å². The Balaban J connectivity index is 0.643. The molecular weight excluding hydrogens is 1050 g/mol. The van der Waals surface area contributed by atoms with Gasteiger partial charge in [-0.1, -0.05) is 69.3 Å². The molecule has 1 aliphatic carbocycles. The number of ketones is 2. The number of aryl methyl sites for hydroxylation is 1. The fourth-order valence-corrected chi connectivity index (χ4v) is 10.9. The number of anilines is 1. The van der Waals surface area contributed by atoms with Crippen molar-refractivity contribution in [3.63, 3.8) is 0 Å². The number of ether oxygens (including phenoxy) is 5. The van der Waals surface area contributed by atoms with Crippen molar-refractivity contribution in [3.05, 3.63) is 94.5 Å². The quantitative estimate of drug-likeness (QED) is 0.0289. The molecule has 80 heavy (non-hydrogen) atoms. The second-order valence-corrected chi connectivity index (χ2v) is 22.7. The number of likely N-dealkylation sites (tertiary alicyclic amines) is 1. The Morgan fingerprint density at radius 2 is 1.44 bits per heavy atom. The number of aliphatic hydroxyl groups excluding tert-OH is 2. The minimum absolute atomic E-state index is 0.0742. The zero-order valence-corrected chi connectivity index (χ0v) is 47.5. The van der Waals surface area contributed by atoms with E-state index in [9.17, 15) is 34.2 Å². The Kier molecular flexibility index (Phi) is 24.4. The molecule has 21 nitrogen and oxygen atoms in total. The number of carbonyl (C=O) groups excluding carboxylic acids is 5. The van der Waals surface area contributed by atoms with E-state index in [-0.39, 0.29) is 88.3 Å². The van der Waals surface area contributed by atoms with Crippen LogP contribution >= 0.6 is 11.3 Å². The maximum atomic E-state index is 14.0. The van der Waals surface area contributed by atoms with Crippen molar-refractivity contribution >= 4 is 46.4 Å². The Bertz CT molecular complexity index is 2610. The van der Waals surface area contributed by atoms with Gasteiger partial charge in [-0.2, -0.15) is 0 Å². The molecule has 4 heterocycles. The van der Waals surface area contributed by atoms with Gasteiger partial charge in [-0.3, -0.25) is 33.8 Å². The first-order valence-corrected chi connectivity index (χ1v) is 28.7. The normalized spacial score (nSPS) is 18.4. The molecule has 5 atom stereocenters. The third-order valence-corrected chi connectivity index (χ3v) is 15.5. The number of hydrogen-bond donors (Lipinski definition) is 6. The number of hydrogen-bond acceptors (Lipinski definition) is 19. The molecule has 1 saturated carbocycles. The average Bonchev–Trinajstić information content (AvgIpc) is 4.07. The summed E-state index contributed by atoms with van der Waals surface area (Å²) in [6.07, 6.45) is 1.81. The number of aliphatic hydroxyl groups is 2. The summed E-state index contributed by atoms with van der Waals surface area (Å²) in [4.78, 5) is 84.0. The monoisotopic (exact) mass is 1130 g/mol. The Hall–Kier alpha value is -5.66. The maximum absolute atomic E-state index is 14.0. The highest BCUT2D eigenvalue weighted by Gasteiger charge is 2.47. The lowest BCUT2D eigenvalue weighted by atomic mass is 9.77. The molecule has 4 aromatic rings. The summed E-state index contributed by atoms with van der Waals surface area (Å²) in [6.45, 7) is 14.6. The smallest absolute Gasteiger partial charge is 0.246 e. The number of β-amino-alcohol motifs (C(OH)–C–C–N with tert-alkyl or cyclic N) is 1. The summed E-state index contributed by atoms with van der Waals surface area (Å²) in [5, 5.41) is 33.3. The Labute approximate surface area is 473 Å². The van der Waals surface area contributed by atoms with Crippen LogP contribution in [0.3, 0.4) is 0 Å². The van der Waals surface area contributed by atoms with Crippen molar-refractivity contribution in [1.82, 2.24) is 40.7 Å². The molecule has 22 heteroatoms. The molecule has 1 saturated heterocycles. The van der Waals surface area contributed by atoms with Crippen LogP contribution in [0.15, 0.2) is 66.4 Å². The summed E-state index contributed by atoms with van der Waals surface area (Å²) in [5.74, 6) is -2.31. The number of rotatable bonds is 34. The summed E-state index contributed by atoms with van der Waals surface area (Å²) >= 11 is 1.57. The van der Waals surface area contributed by atoms with Crippen LogP contribution in [-0.2, 0) is 62.4 Å². The number of nitrogens with zero attached hydrogens (tertiary/aromatic N) is 5. The molecule has 3 amide bonds. The second kappa shape index (κ2) is 31.5. The molecule has 2 aromatic carbocycles. The number of thiazole rings is 1. The second-order valence-electron chi connectivity index (χ2n) is 21.8. The van der Waals surface area contributed by atoms with Gasteiger partial charge in [0.1, 0.15) is 31.1 Å². The molecule has 1 unspecified atom stereocenters. The fraction of sp³-hybridized carbons (Fsp3) is 0.586. The number of nitrogens with one attached hydrogen (secondary N) is 4. The third-order valence-electron chi connectivity index (χ3n) is 14.5. The van der Waals surface area contributed by atoms with Gasteiger partial charge in [0.05, 0.1) is 99.1 Å². The molecule has 3 aliphatic rings. The molecule has 2 aliphatic heterocycles. The maximum Gasteiger partial charge on any atom is 0.246 e. The van der Waals surface area contributed by atoms with E-state index in [4.69, 9.17) is 23.7 Å². The van der Waals surface area contributed by atoms with Gasteiger partial charge < -0.3 is 55.2 Å². The van der Waals surface area contributed by atoms with Crippen molar-refractivity contribution in [1.29, 1.82) is 0 Å². The summed E-state index contributed by atoms with van der Waals surface area (Å²) in [6, 6.07) is 17.2. The van der Waals surface area contributed by atoms with E-state index in [0.29, 0.717) is 70.6 Å². The lowest BCUT2D eigenvalue weighted by Gasteiger charge is -2.39. The number of fused-ring (bicyclic) bond motifs is 1. The van der Waals surface area contributed by atoms with Crippen LogP contribution in [0.1, 0.15) is 79.3 Å². The largest absolute Gasteiger partial charge is 0.393 e. The van der Waals surface area contributed by atoms with Crippen molar-refractivity contribution < 1.29 is 57.9 Å². The number of benzene rings is 2. The van der Waals surface area contributed by atoms with E-state index in [1.165, 1.54) is 17.5 Å². The predicted octanol–water partition coefficient (Wildman–Crippen LogP) is 3.39. The molecule has 2 aromatic heterocycles. The van der Waals surface area contributed by atoms with E-state index in [1.54, 1.807) is 17.4 Å². The fourth-order valence-electron chi connectivity index (χ4n) is 10.1. The van der Waals surface area contributed by atoms with Crippen LogP contribution in [0.2, 0.25) is 0 Å². The molecule has 2 fully saturated rings. The van der Waals surface area contributed by atoms with Crippen LogP contribution < -0.4 is 21.3 Å². The average molecular weight is 1130 g/mol. The Morgan fingerprint density at radius 1 is 0.787 bits per heavy atom. The van der Waals surface area contributed by atoms with Gasteiger partial charge in [-0.25, -0.2) is 15.0 Å². The van der Waals surface area contributed by atoms with Gasteiger partial charge in [0.2, 0.25) is 17.7 Å². The SMILES string of the molecule is Cc1ncsc1-c1ccc(CNC(=O)[C@@H]2C[C@@H](O)CC2C(=O)[C@@H](NC(=O)COCCOCCOCCOCCOCC(=O)NCCN2CC(Nc3cc(C(=O)CC[C@H](O)CN4CCc5ccccc5C4)ncn3)C2)C(C)(C)C)cc1. The molecule has 7 rings (SSSR count). The molecule has 6 N–H and O–H groups in total. The summed E-state index contributed by atoms with van der Waals surface area (Å²) in [7, 11) is 0. The zero-order valence-electron chi connectivity index (χ0n) is 46.7. The summed E-state index contributed by atoms with van der Waals surface area (Å²) in [5.41, 5.74) is 7.04. The van der Waals surface area contributed by atoms with E-state index in [2.05, 4.69) is 64.2 Å². The minimum Gasteiger partial charge on any atom is -0.393 e. The molecule has 0 radical (unpaired) electrons. The van der Waals surface area contributed by atoms with Gasteiger partial charge in [0.25, 0.3) is 0 Å². The molecule has 436 valence electrons. The topological polar surface area (TPSA) is 265 Å². The van der Waals surface area contributed by atoms with Crippen LogP contribution in [0.25, 0.3) is 10.4 Å². The highest BCUT2D eigenvalue weighted by Crippen LogP contribution is 2.37. The number of Topliss-reactive ketones (excluding diaryl/α,β-unsaturated/α-hetero) is 2. The number of amides is 3. The Morgan fingerprint density at radius 3 is 2.10 bits per heavy atom. The van der Waals surface area contributed by atoms with Crippen LogP contribution in [0.5, 0.6) is 0 Å². The van der Waals surface area contributed by atoms with E-state index >= 15 is 0 Å². The first kappa shape index (κ1) is 61.9. The highest BCUT2D eigenvalue weighted by molar-refractivity contribution is 7.13. The van der Waals surface area contributed by atoms with Crippen molar-refractivity contribution in [3.8, 4) is 10.4 Å². The predicted molar refractivity (Wildman–Crippen MR) is 301 cm³/mol. The highest BCUT2D eigenvalue weighted by atomic mass is 32.1. The third kappa shape index (κ3) is 19.8. The number of aromatic nitrogens is 3. The first-order valence-electron chi connectivity index (χ1n) is 27.8. The lowest BCUT2D eigenvalue weighted by Crippen LogP contribution is -2.56. The zero-order chi connectivity index (χ0) is 56.9. The van der Waals surface area contributed by atoms with Crippen LogP contribution in [0, 0.1) is 24.2 Å². The van der Waals surface area contributed by atoms with Crippen molar-refractivity contribution in [2.75, 3.05) is 111 Å². The van der Waals surface area contributed by atoms with Gasteiger partial charge in [0.15, 0.2) is 11.6 Å². The first-order chi connectivity index (χ1) is 38.6. The van der Waals surface area contributed by atoms with E-state index in [1.807, 2.05) is 63.5 Å². The van der Waals surface area contributed by atoms with Crippen molar-refractivity contribution in [2.45, 2.75) is 97.2 Å². The molecule has 0 bridgehead atoms. The molecular formula is C58H81N9O12S. The van der Waals surface area contributed by atoms with E-state index in [0.717, 1.165) is 54.3 Å². The summed E-state index contributed by atoms with van der Waals surface area (Å²) < 4.78 is 27.6. The van der Waals surface area contributed by atoms with Crippen LogP contribution in [-0.4, -0.2) is 194 Å². The van der Waals surface area contributed by atoms with Gasteiger partial charge >= 0.3 is 0 Å². The van der Waals surface area contributed by atoms with E-state index < -0.39 is 41.4 Å². The number of carbonyl (C=O) groups is 5. The van der Waals surface area contributed by atoms with Gasteiger partial charge in [0, 0.05) is 70.8 Å². The van der Waals surface area contributed by atoms with Crippen LogP contribution in [0.4, 0.5) is 5.82 Å².